The van der Waals surface area contributed by atoms with Crippen LogP contribution in [0.2, 0.25) is 0 Å². The van der Waals surface area contributed by atoms with Crippen LogP contribution in [0.3, 0.4) is 0 Å². The summed E-state index contributed by atoms with van der Waals surface area (Å²) in [6.07, 6.45) is 0. The van der Waals surface area contributed by atoms with Crippen LogP contribution in [0.5, 0.6) is 0 Å². The van der Waals surface area contributed by atoms with E-state index >= 15 is 0 Å². The Labute approximate surface area is 143 Å². The first-order chi connectivity index (χ1) is 11.5. The molecule has 0 spiro atoms. The Morgan fingerprint density at radius 1 is 0.625 bits per heavy atom. The van der Waals surface area contributed by atoms with E-state index < -0.39 is 0 Å². The molecule has 0 amide bonds. The molecular formula is C22H24N2. The van der Waals surface area contributed by atoms with Crippen LogP contribution in [0.4, 0.5) is 0 Å². The Morgan fingerprint density at radius 3 is 1.58 bits per heavy atom. The molecule has 0 unspecified atom stereocenters. The van der Waals surface area contributed by atoms with Crippen molar-refractivity contribution in [3.63, 3.8) is 0 Å². The first-order valence-corrected chi connectivity index (χ1v) is 8.52. The van der Waals surface area contributed by atoms with Crippen molar-refractivity contribution in [3.8, 4) is 0 Å². The van der Waals surface area contributed by atoms with Gasteiger partial charge in [0.25, 0.3) is 0 Å². The molecule has 0 fully saturated rings. The predicted octanol–water partition coefficient (Wildman–Crippen LogP) is 4.71. The van der Waals surface area contributed by atoms with E-state index in [1.165, 1.54) is 43.4 Å². The van der Waals surface area contributed by atoms with Crippen LogP contribution in [0, 0.1) is 0 Å². The topological polar surface area (TPSA) is 6.48 Å². The van der Waals surface area contributed by atoms with Gasteiger partial charge in [0.2, 0.25) is 0 Å². The maximum Gasteiger partial charge on any atom is 0.0233 e. The number of hydrogen-bond donors (Lipinski definition) is 0. The van der Waals surface area contributed by atoms with Crippen LogP contribution in [0.15, 0.2) is 48.5 Å². The van der Waals surface area contributed by atoms with E-state index in [1.807, 2.05) is 0 Å². The minimum absolute atomic E-state index is 0.967. The molecule has 4 rings (SSSR count). The van der Waals surface area contributed by atoms with Crippen LogP contribution in [-0.2, 0) is 13.1 Å². The largest absolute Gasteiger partial charge is 0.305 e. The van der Waals surface area contributed by atoms with Crippen LogP contribution >= 0.6 is 0 Å². The van der Waals surface area contributed by atoms with Crippen molar-refractivity contribution < 1.29 is 0 Å². The molecule has 122 valence electrons. The van der Waals surface area contributed by atoms with E-state index in [4.69, 9.17) is 0 Å². The summed E-state index contributed by atoms with van der Waals surface area (Å²) in [7, 11) is 8.57. The smallest absolute Gasteiger partial charge is 0.0233 e. The summed E-state index contributed by atoms with van der Waals surface area (Å²) < 4.78 is 0. The molecule has 0 radical (unpaired) electrons. The molecule has 0 saturated heterocycles. The molecule has 2 nitrogen and oxygen atoms in total. The van der Waals surface area contributed by atoms with Crippen LogP contribution in [0.25, 0.3) is 32.3 Å². The molecule has 24 heavy (non-hydrogen) atoms. The molecule has 0 heterocycles. The second-order valence-electron chi connectivity index (χ2n) is 7.35. The molecule has 0 aliphatic rings. The van der Waals surface area contributed by atoms with E-state index in [0.29, 0.717) is 0 Å². The molecule has 0 aliphatic carbocycles. The maximum absolute atomic E-state index is 2.40. The van der Waals surface area contributed by atoms with Gasteiger partial charge in [0.1, 0.15) is 0 Å². The first-order valence-electron chi connectivity index (χ1n) is 8.52. The third kappa shape index (κ3) is 2.43. The number of rotatable bonds is 4. The summed E-state index contributed by atoms with van der Waals surface area (Å²) in [6.45, 7) is 1.93. The monoisotopic (exact) mass is 316 g/mol. The summed E-state index contributed by atoms with van der Waals surface area (Å²) in [5.74, 6) is 0. The van der Waals surface area contributed by atoms with E-state index in [-0.39, 0.29) is 0 Å². The highest BCUT2D eigenvalue weighted by atomic mass is 15.1. The second kappa shape index (κ2) is 5.73. The zero-order valence-corrected chi connectivity index (χ0v) is 14.9. The molecule has 0 N–H and O–H groups in total. The third-order valence-corrected chi connectivity index (χ3v) is 4.79. The fourth-order valence-electron chi connectivity index (χ4n) is 3.93. The minimum Gasteiger partial charge on any atom is -0.305 e. The Morgan fingerprint density at radius 2 is 1.12 bits per heavy atom. The lowest BCUT2D eigenvalue weighted by Gasteiger charge is -2.20. The second-order valence-corrected chi connectivity index (χ2v) is 7.35. The number of nitrogens with zero attached hydrogens (tertiary/aromatic N) is 2. The van der Waals surface area contributed by atoms with Crippen molar-refractivity contribution in [1.82, 2.24) is 9.80 Å². The summed E-state index contributed by atoms with van der Waals surface area (Å²) in [4.78, 5) is 4.51. The average molecular weight is 316 g/mol. The summed E-state index contributed by atoms with van der Waals surface area (Å²) in [5.41, 5.74) is 2.84. The Balaban J connectivity index is 2.15. The van der Waals surface area contributed by atoms with E-state index in [0.717, 1.165) is 13.1 Å². The number of hydrogen-bond acceptors (Lipinski definition) is 2. The molecule has 0 atom stereocenters. The maximum atomic E-state index is 2.40. The van der Waals surface area contributed by atoms with Gasteiger partial charge < -0.3 is 9.80 Å². The third-order valence-electron chi connectivity index (χ3n) is 4.79. The number of benzene rings is 4. The van der Waals surface area contributed by atoms with Gasteiger partial charge >= 0.3 is 0 Å². The molecule has 0 aliphatic heterocycles. The molecule has 4 aromatic carbocycles. The fraction of sp³-hybridized carbons (Fsp3) is 0.273. The van der Waals surface area contributed by atoms with Gasteiger partial charge in [-0.15, -0.1) is 0 Å². The molecular weight excluding hydrogens is 292 g/mol. The summed E-state index contributed by atoms with van der Waals surface area (Å²) in [6, 6.07) is 18.2. The highest BCUT2D eigenvalue weighted by Crippen LogP contribution is 2.38. The Hall–Kier alpha value is -2.16. The van der Waals surface area contributed by atoms with Crippen molar-refractivity contribution in [2.75, 3.05) is 28.2 Å². The zero-order chi connectivity index (χ0) is 16.8. The standard InChI is InChI=1S/C22H24N2/c1-23(2)13-17-12-18(14-24(3)4)20-11-9-16-7-5-6-15-8-10-19(17)22(20)21(15)16/h5-12H,13-14H2,1-4H3. The van der Waals surface area contributed by atoms with E-state index in [1.54, 1.807) is 0 Å². The van der Waals surface area contributed by atoms with Gasteiger partial charge in [-0.2, -0.15) is 0 Å². The highest BCUT2D eigenvalue weighted by molar-refractivity contribution is 6.24. The van der Waals surface area contributed by atoms with Crippen LogP contribution < -0.4 is 0 Å². The van der Waals surface area contributed by atoms with Gasteiger partial charge in [0.15, 0.2) is 0 Å². The van der Waals surface area contributed by atoms with Gasteiger partial charge in [-0.05, 0) is 71.6 Å². The zero-order valence-electron chi connectivity index (χ0n) is 14.9. The van der Waals surface area contributed by atoms with Crippen LogP contribution in [-0.4, -0.2) is 38.0 Å². The SMILES string of the molecule is CN(C)Cc1cc(CN(C)C)c2ccc3cccc4ccc1c2c43. The van der Waals surface area contributed by atoms with Crippen molar-refractivity contribution in [1.29, 1.82) is 0 Å². The Kier molecular flexibility index (Phi) is 3.67. The van der Waals surface area contributed by atoms with Crippen molar-refractivity contribution in [2.45, 2.75) is 13.1 Å². The first kappa shape index (κ1) is 15.4. The van der Waals surface area contributed by atoms with Gasteiger partial charge in [-0.25, -0.2) is 0 Å². The van der Waals surface area contributed by atoms with Crippen molar-refractivity contribution in [2.24, 2.45) is 0 Å². The summed E-state index contributed by atoms with van der Waals surface area (Å²) >= 11 is 0. The minimum atomic E-state index is 0.967. The fourth-order valence-corrected chi connectivity index (χ4v) is 3.93. The van der Waals surface area contributed by atoms with Gasteiger partial charge in [0, 0.05) is 13.1 Å². The van der Waals surface area contributed by atoms with Gasteiger partial charge in [0.05, 0.1) is 0 Å². The van der Waals surface area contributed by atoms with Gasteiger partial charge in [-0.3, -0.25) is 0 Å². The molecule has 0 bridgehead atoms. The molecule has 4 aromatic rings. The molecule has 0 saturated carbocycles. The lowest BCUT2D eigenvalue weighted by Crippen LogP contribution is -2.14. The molecule has 0 aromatic heterocycles. The van der Waals surface area contributed by atoms with Gasteiger partial charge in [-0.1, -0.05) is 48.5 Å². The summed E-state index contributed by atoms with van der Waals surface area (Å²) in [5, 5.41) is 8.30. The Bertz CT molecular complexity index is 940. The normalized spacial score (nSPS) is 12.4. The highest BCUT2D eigenvalue weighted by Gasteiger charge is 2.15. The van der Waals surface area contributed by atoms with Crippen molar-refractivity contribution in [3.05, 3.63) is 59.7 Å². The lowest BCUT2D eigenvalue weighted by molar-refractivity contribution is 0.398. The quantitative estimate of drug-likeness (QED) is 0.503. The molecule has 2 heteroatoms. The van der Waals surface area contributed by atoms with E-state index in [2.05, 4.69) is 86.5 Å². The predicted molar refractivity (Wildman–Crippen MR) is 105 cm³/mol. The lowest BCUT2D eigenvalue weighted by atomic mass is 9.89. The average Bonchev–Trinajstić information content (AvgIpc) is 2.53. The van der Waals surface area contributed by atoms with Crippen LogP contribution in [0.1, 0.15) is 11.1 Å². The van der Waals surface area contributed by atoms with E-state index in [9.17, 15) is 0 Å². The van der Waals surface area contributed by atoms with Crippen molar-refractivity contribution >= 4 is 32.3 Å².